The van der Waals surface area contributed by atoms with Crippen molar-refractivity contribution >= 4 is 34.4 Å². The Labute approximate surface area is 208 Å². The molecule has 1 aliphatic heterocycles. The summed E-state index contributed by atoms with van der Waals surface area (Å²) in [6.45, 7) is 6.87. The first-order valence-corrected chi connectivity index (χ1v) is 11.8. The lowest BCUT2D eigenvalue weighted by molar-refractivity contribution is -0.127. The molecule has 0 unspecified atom stereocenters. The molecule has 5 rings (SSSR count). The molecule has 1 saturated heterocycles. The van der Waals surface area contributed by atoms with Crippen LogP contribution >= 0.6 is 0 Å². The van der Waals surface area contributed by atoms with Crippen molar-refractivity contribution in [1.82, 2.24) is 24.6 Å². The summed E-state index contributed by atoms with van der Waals surface area (Å²) in [7, 11) is 0. The van der Waals surface area contributed by atoms with Gasteiger partial charge in [0.15, 0.2) is 0 Å². The van der Waals surface area contributed by atoms with Crippen molar-refractivity contribution in [3.63, 3.8) is 0 Å². The first-order valence-electron chi connectivity index (χ1n) is 11.8. The zero-order valence-corrected chi connectivity index (χ0v) is 20.0. The van der Waals surface area contributed by atoms with Crippen LogP contribution in [0.3, 0.4) is 0 Å². The third-order valence-corrected chi connectivity index (χ3v) is 6.49. The van der Waals surface area contributed by atoms with Gasteiger partial charge in [-0.2, -0.15) is 5.10 Å². The van der Waals surface area contributed by atoms with E-state index in [1.165, 1.54) is 6.08 Å². The fraction of sp³-hybridized carbons (Fsp3) is 0.222. The average molecular weight is 482 g/mol. The van der Waals surface area contributed by atoms with Crippen LogP contribution in [0.25, 0.3) is 22.2 Å². The number of nitrogens with zero attached hydrogens (tertiary/aromatic N) is 5. The highest BCUT2D eigenvalue weighted by molar-refractivity contribution is 6.05. The number of aryl methyl sites for hydroxylation is 1. The molecule has 4 aromatic rings. The predicted molar refractivity (Wildman–Crippen MR) is 139 cm³/mol. The van der Waals surface area contributed by atoms with E-state index in [2.05, 4.69) is 21.9 Å². The third-order valence-electron chi connectivity index (χ3n) is 6.49. The maximum atomic E-state index is 12.7. The number of amides is 2. The molecule has 4 heterocycles. The molecule has 182 valence electrons. The van der Waals surface area contributed by atoms with E-state index in [9.17, 15) is 9.59 Å². The molecular weight excluding hydrogens is 454 g/mol. The maximum Gasteiger partial charge on any atom is 0.256 e. The molecule has 0 aliphatic carbocycles. The molecule has 3 aromatic heterocycles. The predicted octanol–water partition coefficient (Wildman–Crippen LogP) is 3.99. The summed E-state index contributed by atoms with van der Waals surface area (Å²) in [4.78, 5) is 35.2. The quantitative estimate of drug-likeness (QED) is 0.416. The number of aromatic nitrogens is 4. The second kappa shape index (κ2) is 9.61. The number of pyridine rings is 2. The highest BCUT2D eigenvalue weighted by Crippen LogP contribution is 2.36. The number of carbonyl (C=O) groups excluding carboxylic acids is 2. The zero-order valence-electron chi connectivity index (χ0n) is 20.0. The summed E-state index contributed by atoms with van der Waals surface area (Å²) in [5.74, 6) is 0.557. The number of carbonyl (C=O) groups is 2. The molecular formula is C27H27N7O2. The number of hydrogen-bond donors (Lipinski definition) is 2. The number of nitrogens with one attached hydrogen (secondary N) is 1. The second-order valence-corrected chi connectivity index (χ2v) is 8.87. The van der Waals surface area contributed by atoms with Crippen LogP contribution < -0.4 is 11.1 Å². The molecule has 9 nitrogen and oxygen atoms in total. The normalized spacial score (nSPS) is 15.6. The van der Waals surface area contributed by atoms with Gasteiger partial charge in [0.05, 0.1) is 16.9 Å². The Morgan fingerprint density at radius 2 is 1.97 bits per heavy atom. The largest absolute Gasteiger partial charge is 0.383 e. The highest BCUT2D eigenvalue weighted by Gasteiger charge is 2.28. The van der Waals surface area contributed by atoms with Gasteiger partial charge in [-0.05, 0) is 55.7 Å². The molecule has 0 saturated carbocycles. The molecule has 1 aliphatic rings. The maximum absolute atomic E-state index is 12.7. The summed E-state index contributed by atoms with van der Waals surface area (Å²) >= 11 is 0. The first-order chi connectivity index (χ1) is 17.5. The van der Waals surface area contributed by atoms with Gasteiger partial charge in [-0.25, -0.2) is 9.97 Å². The van der Waals surface area contributed by atoms with Crippen molar-refractivity contribution in [1.29, 1.82) is 0 Å². The number of rotatable bonds is 5. The summed E-state index contributed by atoms with van der Waals surface area (Å²) in [5, 5.41) is 8.55. The molecule has 2 amide bonds. The Hall–Kier alpha value is -4.53. The van der Waals surface area contributed by atoms with Gasteiger partial charge < -0.3 is 16.0 Å². The summed E-state index contributed by atoms with van der Waals surface area (Å²) in [6, 6.07) is 12.6. The van der Waals surface area contributed by atoms with Crippen molar-refractivity contribution in [2.24, 2.45) is 0 Å². The number of hydrogen-bond acceptors (Lipinski definition) is 6. The number of piperidine rings is 1. The van der Waals surface area contributed by atoms with E-state index in [1.807, 2.05) is 34.7 Å². The van der Waals surface area contributed by atoms with Crippen LogP contribution in [-0.4, -0.2) is 49.6 Å². The fourth-order valence-electron chi connectivity index (χ4n) is 4.70. The summed E-state index contributed by atoms with van der Waals surface area (Å²) in [6.07, 6.45) is 6.50. The molecule has 0 radical (unpaired) electrons. The van der Waals surface area contributed by atoms with E-state index in [-0.39, 0.29) is 17.9 Å². The van der Waals surface area contributed by atoms with Crippen LogP contribution in [-0.2, 0) is 4.79 Å². The Bertz CT molecular complexity index is 1440. The number of anilines is 2. The summed E-state index contributed by atoms with van der Waals surface area (Å²) < 4.78 is 1.99. The molecule has 1 aromatic carbocycles. The summed E-state index contributed by atoms with van der Waals surface area (Å²) in [5.41, 5.74) is 10.2. The van der Waals surface area contributed by atoms with Crippen LogP contribution in [0.15, 0.2) is 67.5 Å². The average Bonchev–Trinajstić information content (AvgIpc) is 3.33. The van der Waals surface area contributed by atoms with Crippen LogP contribution in [0.1, 0.15) is 34.8 Å². The molecule has 36 heavy (non-hydrogen) atoms. The lowest BCUT2D eigenvalue weighted by Crippen LogP contribution is -2.40. The standard InChI is InChI=1S/C27H27N7O2/c1-3-22(35)33-14-6-7-20(16-33)34-25-17(2)15-30-26(28)23(25)24(32-34)18-9-11-19(12-10-18)27(36)31-21-8-4-5-13-29-21/h3-5,8-13,15,20H,1,6-7,14,16H2,2H3,(H2,28,30)(H,29,31,36)/t20-/m1/s1. The number of nitrogens with two attached hydrogens (primary N) is 1. The van der Waals surface area contributed by atoms with Crippen LogP contribution in [0.5, 0.6) is 0 Å². The smallest absolute Gasteiger partial charge is 0.256 e. The fourth-order valence-corrected chi connectivity index (χ4v) is 4.70. The Kier molecular flexibility index (Phi) is 6.20. The Morgan fingerprint density at radius 3 is 2.69 bits per heavy atom. The van der Waals surface area contributed by atoms with Crippen molar-refractivity contribution < 1.29 is 9.59 Å². The number of benzene rings is 1. The SMILES string of the molecule is C=CC(=O)N1CCC[C@@H](n2nc(-c3ccc(C(=O)Nc4ccccn4)cc3)c3c(N)ncc(C)c32)C1. The number of fused-ring (bicyclic) bond motifs is 1. The molecule has 1 fully saturated rings. The first kappa shape index (κ1) is 23.2. The molecule has 3 N–H and O–H groups in total. The minimum Gasteiger partial charge on any atom is -0.383 e. The van der Waals surface area contributed by atoms with Gasteiger partial charge in [-0.1, -0.05) is 24.8 Å². The van der Waals surface area contributed by atoms with Gasteiger partial charge in [0.25, 0.3) is 5.91 Å². The van der Waals surface area contributed by atoms with E-state index in [1.54, 1.807) is 36.7 Å². The number of nitrogen functional groups attached to an aromatic ring is 1. The van der Waals surface area contributed by atoms with Crippen LogP contribution in [0.2, 0.25) is 0 Å². The van der Waals surface area contributed by atoms with Gasteiger partial charge in [0.1, 0.15) is 17.3 Å². The Balaban J connectivity index is 1.51. The molecule has 9 heteroatoms. The van der Waals surface area contributed by atoms with E-state index < -0.39 is 0 Å². The molecule has 0 bridgehead atoms. The van der Waals surface area contributed by atoms with E-state index in [0.717, 1.165) is 34.9 Å². The van der Waals surface area contributed by atoms with Crippen molar-refractivity contribution in [2.45, 2.75) is 25.8 Å². The zero-order chi connectivity index (χ0) is 25.2. The van der Waals surface area contributed by atoms with Gasteiger partial charge in [0.2, 0.25) is 5.91 Å². The number of likely N-dealkylation sites (tertiary alicyclic amines) is 1. The highest BCUT2D eigenvalue weighted by atomic mass is 16.2. The van der Waals surface area contributed by atoms with E-state index in [0.29, 0.717) is 36.0 Å². The van der Waals surface area contributed by atoms with Crippen LogP contribution in [0.4, 0.5) is 11.6 Å². The minimum atomic E-state index is -0.248. The molecule has 0 spiro atoms. The van der Waals surface area contributed by atoms with Gasteiger partial charge in [-0.15, -0.1) is 0 Å². The lowest BCUT2D eigenvalue weighted by Gasteiger charge is -2.32. The third kappa shape index (κ3) is 4.31. The van der Waals surface area contributed by atoms with E-state index in [4.69, 9.17) is 10.8 Å². The topological polar surface area (TPSA) is 119 Å². The van der Waals surface area contributed by atoms with E-state index >= 15 is 0 Å². The second-order valence-electron chi connectivity index (χ2n) is 8.87. The van der Waals surface area contributed by atoms with Gasteiger partial charge >= 0.3 is 0 Å². The van der Waals surface area contributed by atoms with Crippen molar-refractivity contribution in [3.05, 3.63) is 78.6 Å². The van der Waals surface area contributed by atoms with Gasteiger partial charge in [-0.3, -0.25) is 14.3 Å². The van der Waals surface area contributed by atoms with Crippen molar-refractivity contribution in [3.8, 4) is 11.3 Å². The Morgan fingerprint density at radius 1 is 1.17 bits per heavy atom. The van der Waals surface area contributed by atoms with Gasteiger partial charge in [0, 0.05) is 36.6 Å². The monoisotopic (exact) mass is 481 g/mol. The minimum absolute atomic E-state index is 0.00261. The molecule has 1 atom stereocenters. The van der Waals surface area contributed by atoms with Crippen LogP contribution in [0, 0.1) is 6.92 Å². The lowest BCUT2D eigenvalue weighted by atomic mass is 10.0. The van der Waals surface area contributed by atoms with Crippen molar-refractivity contribution in [2.75, 3.05) is 24.1 Å².